The number of amides is 1. The Hall–Kier alpha value is -1.77. The third-order valence-electron chi connectivity index (χ3n) is 2.87. The summed E-state index contributed by atoms with van der Waals surface area (Å²) in [7, 11) is 0. The predicted molar refractivity (Wildman–Crippen MR) is 65.1 cm³/mol. The van der Waals surface area contributed by atoms with E-state index in [-0.39, 0.29) is 19.2 Å². The number of hydrogen-bond donors (Lipinski definition) is 1. The molecule has 22 heavy (non-hydrogen) atoms. The maximum atomic E-state index is 12.7. The smallest absolute Gasteiger partial charge is 0.395 e. The zero-order valence-corrected chi connectivity index (χ0v) is 11.4. The molecule has 0 aliphatic rings. The van der Waals surface area contributed by atoms with Crippen molar-refractivity contribution in [3.8, 4) is 0 Å². The van der Waals surface area contributed by atoms with Crippen LogP contribution in [-0.2, 0) is 12.4 Å². The maximum absolute atomic E-state index is 12.7. The highest BCUT2D eigenvalue weighted by Crippen LogP contribution is 2.36. The summed E-state index contributed by atoms with van der Waals surface area (Å²) in [6.45, 7) is 0.889. The van der Waals surface area contributed by atoms with Crippen LogP contribution in [0.5, 0.6) is 0 Å². The van der Waals surface area contributed by atoms with Crippen molar-refractivity contribution in [1.82, 2.24) is 4.90 Å². The van der Waals surface area contributed by atoms with Gasteiger partial charge in [-0.1, -0.05) is 0 Å². The largest absolute Gasteiger partial charge is 0.416 e. The number of aliphatic hydroxyl groups is 1. The van der Waals surface area contributed by atoms with Gasteiger partial charge >= 0.3 is 12.4 Å². The van der Waals surface area contributed by atoms with E-state index in [1.807, 2.05) is 0 Å². The van der Waals surface area contributed by atoms with E-state index < -0.39 is 41.6 Å². The number of nitrogens with zero attached hydrogens (tertiary/aromatic N) is 1. The number of alkyl halides is 6. The van der Waals surface area contributed by atoms with Crippen molar-refractivity contribution >= 4 is 5.91 Å². The topological polar surface area (TPSA) is 40.5 Å². The van der Waals surface area contributed by atoms with E-state index in [1.165, 1.54) is 6.92 Å². The summed E-state index contributed by atoms with van der Waals surface area (Å²) < 4.78 is 76.2. The molecule has 1 aromatic carbocycles. The maximum Gasteiger partial charge on any atom is 0.416 e. The number of rotatable bonds is 4. The quantitative estimate of drug-likeness (QED) is 0.862. The monoisotopic (exact) mass is 329 g/mol. The van der Waals surface area contributed by atoms with Crippen LogP contribution in [0, 0.1) is 0 Å². The van der Waals surface area contributed by atoms with E-state index in [1.54, 1.807) is 0 Å². The van der Waals surface area contributed by atoms with Crippen LogP contribution >= 0.6 is 0 Å². The molecule has 0 unspecified atom stereocenters. The van der Waals surface area contributed by atoms with Gasteiger partial charge in [0.1, 0.15) is 0 Å². The summed E-state index contributed by atoms with van der Waals surface area (Å²) in [5.41, 5.74) is -3.83. The van der Waals surface area contributed by atoms with Crippen LogP contribution in [0.2, 0.25) is 0 Å². The van der Waals surface area contributed by atoms with E-state index >= 15 is 0 Å². The molecule has 0 fully saturated rings. The lowest BCUT2D eigenvalue weighted by Crippen LogP contribution is -2.33. The molecular weight excluding hydrogens is 316 g/mol. The van der Waals surface area contributed by atoms with Crippen molar-refractivity contribution in [2.45, 2.75) is 19.3 Å². The number of aliphatic hydroxyl groups excluding tert-OH is 1. The van der Waals surface area contributed by atoms with E-state index in [0.717, 1.165) is 4.90 Å². The normalized spacial score (nSPS) is 12.4. The minimum Gasteiger partial charge on any atom is -0.395 e. The van der Waals surface area contributed by atoms with E-state index in [0.29, 0.717) is 12.1 Å². The predicted octanol–water partition coefficient (Wildman–Crippen LogP) is 3.18. The average molecular weight is 329 g/mol. The minimum absolute atomic E-state index is 0.0387. The molecule has 0 saturated carbocycles. The van der Waals surface area contributed by atoms with E-state index in [9.17, 15) is 31.1 Å². The minimum atomic E-state index is -5.01. The van der Waals surface area contributed by atoms with Crippen LogP contribution in [0.3, 0.4) is 0 Å². The van der Waals surface area contributed by atoms with Crippen LogP contribution in [-0.4, -0.2) is 35.6 Å². The Bertz CT molecular complexity index is 506. The highest BCUT2D eigenvalue weighted by atomic mass is 19.4. The van der Waals surface area contributed by atoms with E-state index in [4.69, 9.17) is 5.11 Å². The fourth-order valence-electron chi connectivity index (χ4n) is 1.78. The van der Waals surface area contributed by atoms with Gasteiger partial charge in [-0.3, -0.25) is 4.79 Å². The van der Waals surface area contributed by atoms with Crippen molar-refractivity contribution < 1.29 is 36.2 Å². The second-order valence-electron chi connectivity index (χ2n) is 4.40. The molecule has 0 saturated heterocycles. The summed E-state index contributed by atoms with van der Waals surface area (Å²) in [6, 6.07) is 0.703. The van der Waals surface area contributed by atoms with Crippen LogP contribution in [0.4, 0.5) is 26.3 Å². The first-order valence-electron chi connectivity index (χ1n) is 6.20. The zero-order valence-electron chi connectivity index (χ0n) is 11.4. The van der Waals surface area contributed by atoms with Crippen molar-refractivity contribution in [2.24, 2.45) is 0 Å². The molecule has 1 amide bonds. The van der Waals surface area contributed by atoms with Crippen LogP contribution in [0.1, 0.15) is 28.4 Å². The molecule has 3 nitrogen and oxygen atoms in total. The summed E-state index contributed by atoms with van der Waals surface area (Å²) in [5.74, 6) is -1.01. The molecule has 1 N–H and O–H groups in total. The molecule has 0 aromatic heterocycles. The van der Waals surface area contributed by atoms with Crippen LogP contribution in [0.15, 0.2) is 18.2 Å². The first kappa shape index (κ1) is 18.3. The SMILES string of the molecule is CCN(CCO)C(=O)c1cc(C(F)(F)F)cc(C(F)(F)F)c1. The molecule has 0 radical (unpaired) electrons. The number of hydrogen-bond acceptors (Lipinski definition) is 2. The van der Waals surface area contributed by atoms with Gasteiger partial charge in [-0.15, -0.1) is 0 Å². The molecule has 0 aliphatic carbocycles. The van der Waals surface area contributed by atoms with Gasteiger partial charge in [0, 0.05) is 18.7 Å². The third-order valence-corrected chi connectivity index (χ3v) is 2.87. The first-order chi connectivity index (χ1) is 10.0. The van der Waals surface area contributed by atoms with Crippen molar-refractivity contribution in [2.75, 3.05) is 19.7 Å². The molecule has 0 heterocycles. The van der Waals surface area contributed by atoms with Gasteiger partial charge in [0.05, 0.1) is 17.7 Å². The highest BCUT2D eigenvalue weighted by molar-refractivity contribution is 5.94. The Kier molecular flexibility index (Phi) is 5.44. The van der Waals surface area contributed by atoms with Gasteiger partial charge in [-0.2, -0.15) is 26.3 Å². The number of halogens is 6. The summed E-state index contributed by atoms with van der Waals surface area (Å²) in [6.07, 6.45) is -10.0. The Morgan fingerprint density at radius 1 is 1.05 bits per heavy atom. The molecule has 1 aromatic rings. The molecule has 124 valence electrons. The lowest BCUT2D eigenvalue weighted by atomic mass is 10.0. The number of likely N-dealkylation sites (N-methyl/N-ethyl adjacent to an activating group) is 1. The fourth-order valence-corrected chi connectivity index (χ4v) is 1.78. The van der Waals surface area contributed by atoms with Crippen molar-refractivity contribution in [3.63, 3.8) is 0 Å². The molecular formula is C13H13F6NO2. The van der Waals surface area contributed by atoms with Gasteiger partial charge < -0.3 is 10.0 Å². The van der Waals surface area contributed by atoms with Gasteiger partial charge in [0.25, 0.3) is 5.91 Å². The van der Waals surface area contributed by atoms with Gasteiger partial charge in [0.15, 0.2) is 0 Å². The second kappa shape index (κ2) is 6.55. The van der Waals surface area contributed by atoms with Crippen LogP contribution < -0.4 is 0 Å². The lowest BCUT2D eigenvalue weighted by Gasteiger charge is -2.21. The number of carbonyl (C=O) groups excluding carboxylic acids is 1. The van der Waals surface area contributed by atoms with Crippen molar-refractivity contribution in [1.29, 1.82) is 0 Å². The lowest BCUT2D eigenvalue weighted by molar-refractivity contribution is -0.143. The molecule has 1 rings (SSSR count). The Labute approximate surface area is 122 Å². The standard InChI is InChI=1S/C13H13F6NO2/c1-2-20(3-4-21)11(22)8-5-9(12(14,15)16)7-10(6-8)13(17,18)19/h5-7,21H,2-4H2,1H3. The Morgan fingerprint density at radius 3 is 1.82 bits per heavy atom. The van der Waals surface area contributed by atoms with Gasteiger partial charge in [0.2, 0.25) is 0 Å². The van der Waals surface area contributed by atoms with Gasteiger partial charge in [-0.05, 0) is 25.1 Å². The van der Waals surface area contributed by atoms with Crippen LogP contribution in [0.25, 0.3) is 0 Å². The molecule has 9 heteroatoms. The molecule has 0 bridgehead atoms. The average Bonchev–Trinajstić information content (AvgIpc) is 2.41. The van der Waals surface area contributed by atoms with E-state index in [2.05, 4.69) is 0 Å². The third kappa shape index (κ3) is 4.36. The number of benzene rings is 1. The zero-order chi connectivity index (χ0) is 17.1. The Balaban J connectivity index is 3.38. The van der Waals surface area contributed by atoms with Crippen molar-refractivity contribution in [3.05, 3.63) is 34.9 Å². The Morgan fingerprint density at radius 2 is 1.50 bits per heavy atom. The molecule has 0 atom stereocenters. The molecule has 0 aliphatic heterocycles. The summed E-state index contributed by atoms with van der Waals surface area (Å²) in [5, 5.41) is 8.78. The molecule has 0 spiro atoms. The summed E-state index contributed by atoms with van der Waals surface area (Å²) in [4.78, 5) is 13.0. The fraction of sp³-hybridized carbons (Fsp3) is 0.462. The summed E-state index contributed by atoms with van der Waals surface area (Å²) >= 11 is 0. The highest BCUT2D eigenvalue weighted by Gasteiger charge is 2.37. The first-order valence-corrected chi connectivity index (χ1v) is 6.20. The van der Waals surface area contributed by atoms with Gasteiger partial charge in [-0.25, -0.2) is 0 Å². The second-order valence-corrected chi connectivity index (χ2v) is 4.40. The number of carbonyl (C=O) groups is 1.